The first kappa shape index (κ1) is 24.0. The molecular weight excluding hydrogens is 485 g/mol. The number of alkyl halides is 3. The largest absolute Gasteiger partial charge is 0.497 e. The standard InChI is InChI=1S/C26H29F3N6O2/c1-15-13-33(23-19-6-5-17(37-2)11-21(19)30-12-20(23)16-3-4-16)8-7-18(15)24(36)34-9-10-35-22(14-34)31-32-25(35)26(27,28)29/h5-6,11-12,15-16,18H,3-4,7-10,13-14H2,1-2H3/t15-,18+/m1/s1. The second-order valence-electron chi connectivity index (χ2n) is 10.4. The summed E-state index contributed by atoms with van der Waals surface area (Å²) >= 11 is 0. The van der Waals surface area contributed by atoms with E-state index in [-0.39, 0.29) is 43.2 Å². The second-order valence-corrected chi connectivity index (χ2v) is 10.4. The lowest BCUT2D eigenvalue weighted by Gasteiger charge is -2.41. The van der Waals surface area contributed by atoms with Crippen molar-refractivity contribution in [3.05, 3.63) is 41.6 Å². The molecular formula is C26H29F3N6O2. The van der Waals surface area contributed by atoms with Crippen molar-refractivity contribution in [2.45, 2.75) is 51.4 Å². The molecule has 3 aromatic rings. The number of benzene rings is 1. The molecule has 0 radical (unpaired) electrons. The number of aromatic nitrogens is 4. The predicted molar refractivity (Wildman–Crippen MR) is 130 cm³/mol. The van der Waals surface area contributed by atoms with Crippen LogP contribution in [0.4, 0.5) is 18.9 Å². The van der Waals surface area contributed by atoms with Crippen molar-refractivity contribution in [1.82, 2.24) is 24.6 Å². The molecule has 4 heterocycles. The van der Waals surface area contributed by atoms with Crippen molar-refractivity contribution >= 4 is 22.5 Å². The Morgan fingerprint density at radius 1 is 1.11 bits per heavy atom. The van der Waals surface area contributed by atoms with E-state index in [2.05, 4.69) is 28.1 Å². The minimum absolute atomic E-state index is 0.0123. The number of carbonyl (C=O) groups excluding carboxylic acids is 1. The molecule has 1 aliphatic carbocycles. The Bertz CT molecular complexity index is 1350. The molecule has 3 aliphatic rings. The van der Waals surface area contributed by atoms with Gasteiger partial charge in [0.05, 0.1) is 24.9 Å². The van der Waals surface area contributed by atoms with Gasteiger partial charge in [-0.3, -0.25) is 9.78 Å². The normalized spacial score (nSPS) is 22.3. The molecule has 2 fully saturated rings. The number of methoxy groups -OCH3 is 1. The first-order valence-electron chi connectivity index (χ1n) is 12.7. The molecule has 2 aromatic heterocycles. The number of carbonyl (C=O) groups is 1. The number of nitrogens with zero attached hydrogens (tertiary/aromatic N) is 6. The third-order valence-corrected chi connectivity index (χ3v) is 7.95. The summed E-state index contributed by atoms with van der Waals surface area (Å²) < 4.78 is 46.0. The number of ether oxygens (including phenoxy) is 1. The van der Waals surface area contributed by atoms with Crippen LogP contribution in [0.25, 0.3) is 10.9 Å². The molecule has 1 aromatic carbocycles. The summed E-state index contributed by atoms with van der Waals surface area (Å²) in [6.07, 6.45) is 0.449. The number of fused-ring (bicyclic) bond motifs is 2. The van der Waals surface area contributed by atoms with Crippen LogP contribution in [0.5, 0.6) is 5.75 Å². The van der Waals surface area contributed by atoms with Gasteiger partial charge in [0.25, 0.3) is 0 Å². The number of pyridine rings is 1. The number of anilines is 1. The minimum atomic E-state index is -4.56. The Morgan fingerprint density at radius 3 is 2.62 bits per heavy atom. The first-order valence-corrected chi connectivity index (χ1v) is 12.7. The molecule has 8 nitrogen and oxygen atoms in total. The maximum absolute atomic E-state index is 13.5. The van der Waals surface area contributed by atoms with Gasteiger partial charge in [-0.05, 0) is 48.8 Å². The SMILES string of the molecule is COc1ccc2c(N3CC[C@H](C(=O)N4CCn5c(nnc5C(F)(F)F)C4)[C@H](C)C3)c(C3CC3)cnc2c1. The minimum Gasteiger partial charge on any atom is -0.497 e. The molecule has 2 atom stereocenters. The van der Waals surface area contributed by atoms with Gasteiger partial charge in [0.15, 0.2) is 5.82 Å². The molecule has 0 spiro atoms. The van der Waals surface area contributed by atoms with Gasteiger partial charge in [0, 0.05) is 49.7 Å². The van der Waals surface area contributed by atoms with E-state index in [0.717, 1.165) is 47.2 Å². The Labute approximate surface area is 212 Å². The van der Waals surface area contributed by atoms with Crippen LogP contribution in [-0.2, 0) is 24.1 Å². The molecule has 1 amide bonds. The Morgan fingerprint density at radius 2 is 1.92 bits per heavy atom. The molecule has 0 bridgehead atoms. The van der Waals surface area contributed by atoms with Gasteiger partial charge >= 0.3 is 6.18 Å². The maximum Gasteiger partial charge on any atom is 0.451 e. The van der Waals surface area contributed by atoms with E-state index in [0.29, 0.717) is 12.3 Å². The van der Waals surface area contributed by atoms with Gasteiger partial charge in [-0.2, -0.15) is 13.2 Å². The first-order chi connectivity index (χ1) is 17.7. The summed E-state index contributed by atoms with van der Waals surface area (Å²) in [6.45, 7) is 3.87. The smallest absolute Gasteiger partial charge is 0.451 e. The Balaban J connectivity index is 1.21. The number of piperidine rings is 1. The van der Waals surface area contributed by atoms with E-state index in [9.17, 15) is 18.0 Å². The van der Waals surface area contributed by atoms with Crippen LogP contribution in [0.3, 0.4) is 0 Å². The fourth-order valence-electron chi connectivity index (χ4n) is 5.85. The summed E-state index contributed by atoms with van der Waals surface area (Å²) in [6, 6.07) is 5.99. The van der Waals surface area contributed by atoms with Crippen LogP contribution in [0.2, 0.25) is 0 Å². The van der Waals surface area contributed by atoms with Gasteiger partial charge in [-0.25, -0.2) is 0 Å². The highest BCUT2D eigenvalue weighted by atomic mass is 19.4. The summed E-state index contributed by atoms with van der Waals surface area (Å²) in [5.74, 6) is 0.362. The average Bonchev–Trinajstić information content (AvgIpc) is 3.64. The van der Waals surface area contributed by atoms with E-state index in [1.165, 1.54) is 11.3 Å². The van der Waals surface area contributed by atoms with E-state index in [1.807, 2.05) is 18.3 Å². The highest BCUT2D eigenvalue weighted by Gasteiger charge is 2.42. The van der Waals surface area contributed by atoms with Crippen LogP contribution >= 0.6 is 0 Å². The van der Waals surface area contributed by atoms with E-state index >= 15 is 0 Å². The van der Waals surface area contributed by atoms with Crippen molar-refractivity contribution < 1.29 is 22.7 Å². The fourth-order valence-corrected chi connectivity index (χ4v) is 5.85. The summed E-state index contributed by atoms with van der Waals surface area (Å²) in [5.41, 5.74) is 3.37. The lowest BCUT2D eigenvalue weighted by Crippen LogP contribution is -2.49. The third kappa shape index (κ3) is 4.27. The Hall–Kier alpha value is -3.37. The Kier molecular flexibility index (Phi) is 5.76. The number of hydrogen-bond donors (Lipinski definition) is 0. The lowest BCUT2D eigenvalue weighted by atomic mass is 9.84. The molecule has 37 heavy (non-hydrogen) atoms. The summed E-state index contributed by atoms with van der Waals surface area (Å²) in [7, 11) is 1.64. The van der Waals surface area contributed by atoms with E-state index in [1.54, 1.807) is 12.0 Å². The van der Waals surface area contributed by atoms with Crippen molar-refractivity contribution in [3.8, 4) is 5.75 Å². The molecule has 1 saturated carbocycles. The summed E-state index contributed by atoms with van der Waals surface area (Å²) in [4.78, 5) is 22.2. The van der Waals surface area contributed by atoms with Crippen LogP contribution in [0, 0.1) is 11.8 Å². The van der Waals surface area contributed by atoms with Crippen LogP contribution in [-0.4, -0.2) is 57.3 Å². The molecule has 11 heteroatoms. The highest BCUT2D eigenvalue weighted by molar-refractivity contribution is 5.94. The van der Waals surface area contributed by atoms with E-state index < -0.39 is 12.0 Å². The predicted octanol–water partition coefficient (Wildman–Crippen LogP) is 4.24. The van der Waals surface area contributed by atoms with Gasteiger partial charge in [-0.1, -0.05) is 6.92 Å². The van der Waals surface area contributed by atoms with Crippen molar-refractivity contribution in [1.29, 1.82) is 0 Å². The molecule has 0 unspecified atom stereocenters. The number of hydrogen-bond acceptors (Lipinski definition) is 6. The van der Waals surface area contributed by atoms with E-state index in [4.69, 9.17) is 9.72 Å². The molecule has 1 saturated heterocycles. The number of rotatable bonds is 4. The zero-order chi connectivity index (χ0) is 25.9. The van der Waals surface area contributed by atoms with Crippen LogP contribution in [0.15, 0.2) is 24.4 Å². The van der Waals surface area contributed by atoms with Crippen molar-refractivity contribution in [2.24, 2.45) is 11.8 Å². The molecule has 0 N–H and O–H groups in total. The number of halogens is 3. The van der Waals surface area contributed by atoms with Gasteiger partial charge in [-0.15, -0.1) is 10.2 Å². The van der Waals surface area contributed by atoms with Gasteiger partial charge < -0.3 is 19.1 Å². The average molecular weight is 515 g/mol. The zero-order valence-electron chi connectivity index (χ0n) is 20.8. The summed E-state index contributed by atoms with van der Waals surface area (Å²) in [5, 5.41) is 8.14. The maximum atomic E-state index is 13.5. The van der Waals surface area contributed by atoms with Gasteiger partial charge in [0.2, 0.25) is 11.7 Å². The van der Waals surface area contributed by atoms with Crippen molar-refractivity contribution in [3.63, 3.8) is 0 Å². The molecule has 6 rings (SSSR count). The lowest BCUT2D eigenvalue weighted by molar-refractivity contribution is -0.148. The third-order valence-electron chi connectivity index (χ3n) is 7.95. The second kappa shape index (κ2) is 8.88. The molecule has 196 valence electrons. The quantitative estimate of drug-likeness (QED) is 0.519. The fraction of sp³-hybridized carbons (Fsp3) is 0.538. The number of amides is 1. The van der Waals surface area contributed by atoms with Gasteiger partial charge in [0.1, 0.15) is 5.75 Å². The van der Waals surface area contributed by atoms with Crippen LogP contribution < -0.4 is 9.64 Å². The van der Waals surface area contributed by atoms with Crippen LogP contribution in [0.1, 0.15) is 49.3 Å². The monoisotopic (exact) mass is 514 g/mol. The zero-order valence-corrected chi connectivity index (χ0v) is 20.8. The highest BCUT2D eigenvalue weighted by Crippen LogP contribution is 2.47. The molecule has 2 aliphatic heterocycles. The topological polar surface area (TPSA) is 76.4 Å². The van der Waals surface area contributed by atoms with Crippen molar-refractivity contribution in [2.75, 3.05) is 31.6 Å².